The number of fused-ring (bicyclic) bond motifs is 2. The van der Waals surface area contributed by atoms with Crippen LogP contribution in [-0.4, -0.2) is 12.2 Å². The molecule has 0 aromatic heterocycles. The SMILES string of the molecule is Cl.N/C(=N\C(N)N)Nc1ccc2c(c1)Oc1ccccc1O2. The molecular weight excluding hydrogens is 306 g/mol. The van der Waals surface area contributed by atoms with Crippen LogP contribution in [0.25, 0.3) is 0 Å². The zero-order chi connectivity index (χ0) is 14.8. The molecule has 116 valence electrons. The summed E-state index contributed by atoms with van der Waals surface area (Å²) in [5, 5.41) is 2.88. The van der Waals surface area contributed by atoms with E-state index in [0.29, 0.717) is 28.7 Å². The fraction of sp³-hybridized carbons (Fsp3) is 0.0714. The van der Waals surface area contributed by atoms with Gasteiger partial charge in [-0.2, -0.15) is 0 Å². The molecular formula is C14H16ClN5O2. The molecule has 1 heterocycles. The standard InChI is InChI=1S/C14H15N5O2.ClH/c15-13(16)19-14(17)18-8-5-6-11-12(7-8)21-10-4-2-1-3-9(10)20-11;/h1-7,13H,15-16H2,(H3,17,18,19);1H. The number of aliphatic imine (C=N–C) groups is 1. The first-order valence-electron chi connectivity index (χ1n) is 6.32. The second-order valence-corrected chi connectivity index (χ2v) is 4.44. The number of halogens is 1. The Balaban J connectivity index is 0.00000176. The molecule has 22 heavy (non-hydrogen) atoms. The fourth-order valence-corrected chi connectivity index (χ4v) is 1.95. The molecule has 3 rings (SSSR count). The Bertz CT molecular complexity index is 705. The van der Waals surface area contributed by atoms with Crippen molar-refractivity contribution in [3.05, 3.63) is 42.5 Å². The van der Waals surface area contributed by atoms with E-state index < -0.39 is 6.29 Å². The molecule has 0 aliphatic carbocycles. The van der Waals surface area contributed by atoms with Gasteiger partial charge < -0.3 is 20.5 Å². The molecule has 0 fully saturated rings. The number of nitrogens with zero attached hydrogens (tertiary/aromatic N) is 1. The molecule has 0 unspecified atom stereocenters. The zero-order valence-corrected chi connectivity index (χ0v) is 12.3. The molecule has 7 N–H and O–H groups in total. The highest BCUT2D eigenvalue weighted by Crippen LogP contribution is 2.45. The molecule has 0 bridgehead atoms. The maximum absolute atomic E-state index is 5.79. The second kappa shape index (κ2) is 6.52. The summed E-state index contributed by atoms with van der Waals surface area (Å²) < 4.78 is 11.5. The highest BCUT2D eigenvalue weighted by atomic mass is 35.5. The minimum atomic E-state index is -0.860. The molecule has 0 saturated carbocycles. The predicted molar refractivity (Wildman–Crippen MR) is 87.7 cm³/mol. The lowest BCUT2D eigenvalue weighted by atomic mass is 10.2. The van der Waals surface area contributed by atoms with Gasteiger partial charge in [0.25, 0.3) is 0 Å². The lowest BCUT2D eigenvalue weighted by Gasteiger charge is -2.21. The fourth-order valence-electron chi connectivity index (χ4n) is 1.95. The molecule has 0 radical (unpaired) electrons. The maximum Gasteiger partial charge on any atom is 0.195 e. The van der Waals surface area contributed by atoms with E-state index >= 15 is 0 Å². The highest BCUT2D eigenvalue weighted by Gasteiger charge is 2.18. The molecule has 2 aromatic carbocycles. The van der Waals surface area contributed by atoms with Crippen molar-refractivity contribution in [1.29, 1.82) is 0 Å². The minimum Gasteiger partial charge on any atom is -0.450 e. The number of hydrogen-bond donors (Lipinski definition) is 4. The average Bonchev–Trinajstić information content (AvgIpc) is 2.44. The smallest absolute Gasteiger partial charge is 0.195 e. The number of hydrogen-bond acceptors (Lipinski definition) is 5. The third kappa shape index (κ3) is 3.40. The van der Waals surface area contributed by atoms with E-state index in [1.807, 2.05) is 24.3 Å². The van der Waals surface area contributed by atoms with E-state index in [9.17, 15) is 0 Å². The van der Waals surface area contributed by atoms with E-state index in [1.165, 1.54) is 0 Å². The van der Waals surface area contributed by atoms with Gasteiger partial charge in [0.2, 0.25) is 0 Å². The van der Waals surface area contributed by atoms with Crippen LogP contribution in [0, 0.1) is 0 Å². The van der Waals surface area contributed by atoms with Gasteiger partial charge in [-0.25, -0.2) is 4.99 Å². The first kappa shape index (κ1) is 15.9. The number of benzene rings is 2. The Kier molecular flexibility index (Phi) is 4.71. The lowest BCUT2D eigenvalue weighted by Crippen LogP contribution is -2.34. The summed E-state index contributed by atoms with van der Waals surface area (Å²) >= 11 is 0. The molecule has 0 amide bonds. The summed E-state index contributed by atoms with van der Waals surface area (Å²) in [6.07, 6.45) is -0.860. The summed E-state index contributed by atoms with van der Waals surface area (Å²) in [7, 11) is 0. The van der Waals surface area contributed by atoms with Crippen LogP contribution in [0.1, 0.15) is 0 Å². The van der Waals surface area contributed by atoms with Crippen molar-refractivity contribution >= 4 is 24.1 Å². The summed E-state index contributed by atoms with van der Waals surface area (Å²) in [5.41, 5.74) is 17.0. The highest BCUT2D eigenvalue weighted by molar-refractivity contribution is 5.92. The third-order valence-corrected chi connectivity index (χ3v) is 2.79. The minimum absolute atomic E-state index is 0. The molecule has 0 spiro atoms. The largest absolute Gasteiger partial charge is 0.450 e. The van der Waals surface area contributed by atoms with Crippen LogP contribution in [0.3, 0.4) is 0 Å². The lowest BCUT2D eigenvalue weighted by molar-refractivity contribution is 0.360. The average molecular weight is 322 g/mol. The summed E-state index contributed by atoms with van der Waals surface area (Å²) in [5.74, 6) is 2.68. The molecule has 8 heteroatoms. The van der Waals surface area contributed by atoms with Crippen LogP contribution in [0.5, 0.6) is 23.0 Å². The van der Waals surface area contributed by atoms with Crippen molar-refractivity contribution in [2.75, 3.05) is 5.32 Å². The van der Waals surface area contributed by atoms with Gasteiger partial charge in [-0.3, -0.25) is 11.5 Å². The van der Waals surface area contributed by atoms with Crippen molar-refractivity contribution < 1.29 is 9.47 Å². The zero-order valence-electron chi connectivity index (χ0n) is 11.5. The van der Waals surface area contributed by atoms with Crippen LogP contribution < -0.4 is 32.0 Å². The van der Waals surface area contributed by atoms with E-state index in [1.54, 1.807) is 18.2 Å². The van der Waals surface area contributed by atoms with E-state index in [4.69, 9.17) is 26.7 Å². The van der Waals surface area contributed by atoms with Gasteiger partial charge in [0.05, 0.1) is 0 Å². The van der Waals surface area contributed by atoms with E-state index in [-0.39, 0.29) is 18.4 Å². The number of ether oxygens (including phenoxy) is 2. The predicted octanol–water partition coefficient (Wildman–Crippen LogP) is 1.93. The number of guanidine groups is 1. The second-order valence-electron chi connectivity index (χ2n) is 4.44. The Morgan fingerprint density at radius 3 is 2.18 bits per heavy atom. The summed E-state index contributed by atoms with van der Waals surface area (Å²) in [4.78, 5) is 3.79. The topological polar surface area (TPSA) is 121 Å². The van der Waals surface area contributed by atoms with Crippen LogP contribution in [0.4, 0.5) is 5.69 Å². The van der Waals surface area contributed by atoms with Crippen molar-refractivity contribution in [2.24, 2.45) is 22.2 Å². The summed E-state index contributed by atoms with van der Waals surface area (Å²) in [6, 6.07) is 12.8. The Hall–Kier alpha value is -2.48. The normalized spacial score (nSPS) is 12.4. The number of nitrogens with one attached hydrogen (secondary N) is 1. The quantitative estimate of drug-likeness (QED) is 0.325. The number of nitrogens with two attached hydrogens (primary N) is 3. The number of anilines is 1. The molecule has 7 nitrogen and oxygen atoms in total. The molecule has 0 saturated heterocycles. The van der Waals surface area contributed by atoms with Gasteiger partial charge in [0.15, 0.2) is 35.2 Å². The van der Waals surface area contributed by atoms with Crippen molar-refractivity contribution in [3.8, 4) is 23.0 Å². The van der Waals surface area contributed by atoms with Crippen molar-refractivity contribution in [3.63, 3.8) is 0 Å². The van der Waals surface area contributed by atoms with E-state index in [0.717, 1.165) is 0 Å². The molecule has 1 aliphatic heterocycles. The Morgan fingerprint density at radius 1 is 0.955 bits per heavy atom. The third-order valence-electron chi connectivity index (χ3n) is 2.79. The van der Waals surface area contributed by atoms with E-state index in [2.05, 4.69) is 10.3 Å². The van der Waals surface area contributed by atoms with Crippen LogP contribution in [0.15, 0.2) is 47.5 Å². The van der Waals surface area contributed by atoms with Crippen molar-refractivity contribution in [1.82, 2.24) is 0 Å². The molecule has 0 atom stereocenters. The van der Waals surface area contributed by atoms with Crippen LogP contribution in [-0.2, 0) is 0 Å². The van der Waals surface area contributed by atoms with Crippen LogP contribution in [0.2, 0.25) is 0 Å². The van der Waals surface area contributed by atoms with Gasteiger partial charge in [0, 0.05) is 11.8 Å². The first-order chi connectivity index (χ1) is 10.1. The van der Waals surface area contributed by atoms with Crippen molar-refractivity contribution in [2.45, 2.75) is 6.29 Å². The maximum atomic E-state index is 5.79. The Morgan fingerprint density at radius 2 is 1.55 bits per heavy atom. The number of rotatable bonds is 2. The monoisotopic (exact) mass is 321 g/mol. The molecule has 2 aromatic rings. The number of para-hydroxylation sites is 2. The van der Waals surface area contributed by atoms with Gasteiger partial charge in [-0.1, -0.05) is 12.1 Å². The van der Waals surface area contributed by atoms with Gasteiger partial charge >= 0.3 is 0 Å². The van der Waals surface area contributed by atoms with Gasteiger partial charge in [-0.05, 0) is 24.3 Å². The summed E-state index contributed by atoms with van der Waals surface area (Å²) in [6.45, 7) is 0. The first-order valence-corrected chi connectivity index (χ1v) is 6.32. The van der Waals surface area contributed by atoms with Gasteiger partial charge in [-0.15, -0.1) is 12.4 Å². The Labute approximate surface area is 133 Å². The van der Waals surface area contributed by atoms with Crippen LogP contribution >= 0.6 is 12.4 Å². The molecule has 1 aliphatic rings. The van der Waals surface area contributed by atoms with Gasteiger partial charge in [0.1, 0.15) is 0 Å².